The van der Waals surface area contributed by atoms with Gasteiger partial charge in [0.25, 0.3) is 0 Å². The van der Waals surface area contributed by atoms with Crippen molar-refractivity contribution in [1.29, 1.82) is 0 Å². The number of benzene rings is 1. The van der Waals surface area contributed by atoms with Crippen LogP contribution in [0.3, 0.4) is 0 Å². The van der Waals surface area contributed by atoms with Gasteiger partial charge in [0, 0.05) is 13.2 Å². The maximum Gasteiger partial charge on any atom is 0.0946 e. The second kappa shape index (κ2) is 5.46. The Bertz CT molecular complexity index is 311. The first-order valence-corrected chi connectivity index (χ1v) is 5.91. The van der Waals surface area contributed by atoms with Crippen molar-refractivity contribution in [3.8, 4) is 0 Å². The molecule has 0 aliphatic carbocycles. The zero-order valence-corrected chi connectivity index (χ0v) is 10.8. The van der Waals surface area contributed by atoms with E-state index in [1.807, 2.05) is 6.92 Å². The van der Waals surface area contributed by atoms with E-state index in [2.05, 4.69) is 45.0 Å². The van der Waals surface area contributed by atoms with Crippen LogP contribution in [-0.4, -0.2) is 13.2 Å². The molecule has 2 nitrogen and oxygen atoms in total. The third-order valence-electron chi connectivity index (χ3n) is 2.73. The molecule has 1 rings (SSSR count). The van der Waals surface area contributed by atoms with Crippen molar-refractivity contribution in [2.24, 2.45) is 5.73 Å². The molecule has 0 amide bonds. The smallest absolute Gasteiger partial charge is 0.0946 e. The van der Waals surface area contributed by atoms with E-state index in [9.17, 15) is 0 Å². The highest BCUT2D eigenvalue weighted by Crippen LogP contribution is 2.24. The van der Waals surface area contributed by atoms with Crippen molar-refractivity contribution in [2.75, 3.05) is 13.2 Å². The van der Waals surface area contributed by atoms with Crippen LogP contribution in [0.5, 0.6) is 0 Å². The standard InChI is InChI=1S/C14H23NO/c1-5-16-13(10-15)11-6-8-12(9-7-11)14(2,3)4/h6-9,13H,5,10,15H2,1-4H3. The summed E-state index contributed by atoms with van der Waals surface area (Å²) in [5.41, 5.74) is 8.39. The van der Waals surface area contributed by atoms with Gasteiger partial charge in [0.2, 0.25) is 0 Å². The summed E-state index contributed by atoms with van der Waals surface area (Å²) in [6.45, 7) is 9.86. The van der Waals surface area contributed by atoms with E-state index < -0.39 is 0 Å². The van der Waals surface area contributed by atoms with Crippen LogP contribution in [0.4, 0.5) is 0 Å². The maximum absolute atomic E-state index is 5.69. The molecule has 0 bridgehead atoms. The topological polar surface area (TPSA) is 35.2 Å². The van der Waals surface area contributed by atoms with Crippen molar-refractivity contribution in [1.82, 2.24) is 0 Å². The monoisotopic (exact) mass is 221 g/mol. The second-order valence-electron chi connectivity index (χ2n) is 5.05. The Hall–Kier alpha value is -0.860. The second-order valence-corrected chi connectivity index (χ2v) is 5.05. The Morgan fingerprint density at radius 2 is 1.75 bits per heavy atom. The Morgan fingerprint density at radius 3 is 2.12 bits per heavy atom. The van der Waals surface area contributed by atoms with Gasteiger partial charge in [-0.2, -0.15) is 0 Å². The van der Waals surface area contributed by atoms with Crippen LogP contribution in [0.2, 0.25) is 0 Å². The van der Waals surface area contributed by atoms with E-state index in [1.54, 1.807) is 0 Å². The van der Waals surface area contributed by atoms with Gasteiger partial charge < -0.3 is 10.5 Å². The van der Waals surface area contributed by atoms with Crippen LogP contribution in [0, 0.1) is 0 Å². The summed E-state index contributed by atoms with van der Waals surface area (Å²) in [7, 11) is 0. The lowest BCUT2D eigenvalue weighted by atomic mass is 9.86. The van der Waals surface area contributed by atoms with Gasteiger partial charge in [-0.15, -0.1) is 0 Å². The molecule has 0 heterocycles. The highest BCUT2D eigenvalue weighted by Gasteiger charge is 2.14. The molecular weight excluding hydrogens is 198 g/mol. The summed E-state index contributed by atoms with van der Waals surface area (Å²) >= 11 is 0. The number of ether oxygens (including phenoxy) is 1. The summed E-state index contributed by atoms with van der Waals surface area (Å²) in [4.78, 5) is 0. The van der Waals surface area contributed by atoms with Crippen LogP contribution >= 0.6 is 0 Å². The number of rotatable bonds is 4. The van der Waals surface area contributed by atoms with E-state index in [4.69, 9.17) is 10.5 Å². The molecule has 90 valence electrons. The number of hydrogen-bond donors (Lipinski definition) is 1. The summed E-state index contributed by atoms with van der Waals surface area (Å²) in [5.74, 6) is 0. The van der Waals surface area contributed by atoms with Gasteiger partial charge in [-0.25, -0.2) is 0 Å². The molecule has 1 aromatic rings. The number of hydrogen-bond acceptors (Lipinski definition) is 2. The van der Waals surface area contributed by atoms with Gasteiger partial charge in [0.05, 0.1) is 6.10 Å². The van der Waals surface area contributed by atoms with Gasteiger partial charge in [-0.1, -0.05) is 45.0 Å². The first-order valence-electron chi connectivity index (χ1n) is 5.91. The molecule has 0 radical (unpaired) electrons. The fourth-order valence-electron chi connectivity index (χ4n) is 1.70. The molecule has 0 fully saturated rings. The molecule has 2 N–H and O–H groups in total. The zero-order valence-electron chi connectivity index (χ0n) is 10.8. The molecular formula is C14H23NO. The fraction of sp³-hybridized carbons (Fsp3) is 0.571. The van der Waals surface area contributed by atoms with E-state index in [0.717, 1.165) is 5.56 Å². The lowest BCUT2D eigenvalue weighted by molar-refractivity contribution is 0.0688. The quantitative estimate of drug-likeness (QED) is 0.848. The molecule has 1 unspecified atom stereocenters. The lowest BCUT2D eigenvalue weighted by Gasteiger charge is -2.21. The lowest BCUT2D eigenvalue weighted by Crippen LogP contribution is -2.16. The minimum atomic E-state index is 0.0269. The minimum absolute atomic E-state index is 0.0269. The van der Waals surface area contributed by atoms with Gasteiger partial charge in [0.15, 0.2) is 0 Å². The average Bonchev–Trinajstić information content (AvgIpc) is 2.25. The van der Waals surface area contributed by atoms with Crippen molar-refractivity contribution in [3.05, 3.63) is 35.4 Å². The molecule has 0 saturated carbocycles. The molecule has 2 heteroatoms. The average molecular weight is 221 g/mol. The van der Waals surface area contributed by atoms with Crippen LogP contribution in [0.1, 0.15) is 44.9 Å². The molecule has 1 aromatic carbocycles. The van der Waals surface area contributed by atoms with Crippen LogP contribution < -0.4 is 5.73 Å². The largest absolute Gasteiger partial charge is 0.372 e. The highest BCUT2D eigenvalue weighted by molar-refractivity contribution is 5.28. The summed E-state index contributed by atoms with van der Waals surface area (Å²) in [5, 5.41) is 0. The fourth-order valence-corrected chi connectivity index (χ4v) is 1.70. The van der Waals surface area contributed by atoms with Crippen molar-refractivity contribution >= 4 is 0 Å². The highest BCUT2D eigenvalue weighted by atomic mass is 16.5. The molecule has 0 spiro atoms. The molecule has 0 aliphatic heterocycles. The Kier molecular flexibility index (Phi) is 4.51. The molecule has 0 aromatic heterocycles. The van der Waals surface area contributed by atoms with E-state index in [0.29, 0.717) is 13.2 Å². The maximum atomic E-state index is 5.69. The molecule has 0 aliphatic rings. The van der Waals surface area contributed by atoms with E-state index >= 15 is 0 Å². The van der Waals surface area contributed by atoms with Crippen LogP contribution in [0.15, 0.2) is 24.3 Å². The zero-order chi connectivity index (χ0) is 12.2. The summed E-state index contributed by atoms with van der Waals surface area (Å²) in [6, 6.07) is 8.57. The van der Waals surface area contributed by atoms with Crippen molar-refractivity contribution < 1.29 is 4.74 Å². The SMILES string of the molecule is CCOC(CN)c1ccc(C(C)(C)C)cc1. The summed E-state index contributed by atoms with van der Waals surface area (Å²) < 4.78 is 5.58. The van der Waals surface area contributed by atoms with Gasteiger partial charge in [-0.3, -0.25) is 0 Å². The normalized spacial score (nSPS) is 13.8. The Morgan fingerprint density at radius 1 is 1.19 bits per heavy atom. The molecule has 1 atom stereocenters. The molecule has 0 saturated heterocycles. The van der Waals surface area contributed by atoms with Gasteiger partial charge in [-0.05, 0) is 23.5 Å². The predicted molar refractivity (Wildman–Crippen MR) is 68.6 cm³/mol. The van der Waals surface area contributed by atoms with Gasteiger partial charge >= 0.3 is 0 Å². The van der Waals surface area contributed by atoms with Crippen LogP contribution in [0.25, 0.3) is 0 Å². The van der Waals surface area contributed by atoms with Crippen molar-refractivity contribution in [2.45, 2.75) is 39.2 Å². The minimum Gasteiger partial charge on any atom is -0.372 e. The first-order chi connectivity index (χ1) is 7.49. The third-order valence-corrected chi connectivity index (χ3v) is 2.73. The predicted octanol–water partition coefficient (Wildman–Crippen LogP) is 3.02. The first kappa shape index (κ1) is 13.2. The molecule has 16 heavy (non-hydrogen) atoms. The number of nitrogens with two attached hydrogens (primary N) is 1. The Labute approximate surface area is 98.8 Å². The van der Waals surface area contributed by atoms with E-state index in [1.165, 1.54) is 5.56 Å². The van der Waals surface area contributed by atoms with Gasteiger partial charge in [0.1, 0.15) is 0 Å². The van der Waals surface area contributed by atoms with Crippen molar-refractivity contribution in [3.63, 3.8) is 0 Å². The van der Waals surface area contributed by atoms with E-state index in [-0.39, 0.29) is 11.5 Å². The third kappa shape index (κ3) is 3.32. The Balaban J connectivity index is 2.85. The summed E-state index contributed by atoms with van der Waals surface area (Å²) in [6.07, 6.45) is 0.0269. The van der Waals surface area contributed by atoms with Crippen LogP contribution in [-0.2, 0) is 10.2 Å².